The summed E-state index contributed by atoms with van der Waals surface area (Å²) in [6.45, 7) is 1.28. The van der Waals surface area contributed by atoms with Gasteiger partial charge >= 0.3 is 0 Å². The quantitative estimate of drug-likeness (QED) is 0.788. The van der Waals surface area contributed by atoms with E-state index in [-0.39, 0.29) is 5.75 Å². The molecule has 0 aliphatic carbocycles. The monoisotopic (exact) mass is 203 g/mol. The average Bonchev–Trinajstić information content (AvgIpc) is 2.67. The van der Waals surface area contributed by atoms with Gasteiger partial charge in [0.05, 0.1) is 12.7 Å². The van der Waals surface area contributed by atoms with Crippen LogP contribution in [0.5, 0.6) is 5.75 Å². The Bertz CT molecular complexity index is 451. The van der Waals surface area contributed by atoms with Crippen molar-refractivity contribution in [1.29, 1.82) is 0 Å². The number of phenols is 1. The maximum absolute atomic E-state index is 9.34. The maximum atomic E-state index is 9.34. The fourth-order valence-corrected chi connectivity index (χ4v) is 1.45. The van der Waals surface area contributed by atoms with Gasteiger partial charge in [0.1, 0.15) is 5.75 Å². The number of nitrogens with zero attached hydrogens (tertiary/aromatic N) is 2. The molecule has 4 heteroatoms. The summed E-state index contributed by atoms with van der Waals surface area (Å²) in [5.74, 6) is 0.263. The lowest BCUT2D eigenvalue weighted by atomic mass is 10.1. The summed E-state index contributed by atoms with van der Waals surface area (Å²) < 4.78 is 1.79. The molecule has 0 amide bonds. The maximum Gasteiger partial charge on any atom is 0.116 e. The fourth-order valence-electron chi connectivity index (χ4n) is 1.45. The molecule has 4 nitrogen and oxygen atoms in total. The van der Waals surface area contributed by atoms with Crippen molar-refractivity contribution in [2.75, 3.05) is 6.54 Å². The Morgan fingerprint density at radius 3 is 2.93 bits per heavy atom. The number of hydrogen-bond acceptors (Lipinski definition) is 3. The number of phenolic OH excluding ortho intramolecular Hbond substituents is 1. The van der Waals surface area contributed by atoms with Gasteiger partial charge < -0.3 is 10.8 Å². The molecule has 2 rings (SSSR count). The third kappa shape index (κ3) is 2.16. The molecule has 15 heavy (non-hydrogen) atoms. The molecule has 3 N–H and O–H groups in total. The van der Waals surface area contributed by atoms with Gasteiger partial charge in [-0.2, -0.15) is 5.10 Å². The van der Waals surface area contributed by atoms with Crippen LogP contribution in [0.4, 0.5) is 0 Å². The Balaban J connectivity index is 2.29. The molecule has 0 aliphatic rings. The van der Waals surface area contributed by atoms with Crippen LogP contribution in [-0.4, -0.2) is 21.4 Å². The van der Waals surface area contributed by atoms with Crippen LogP contribution >= 0.6 is 0 Å². The molecular formula is C11H13N3O. The molecule has 0 aliphatic heterocycles. The number of aromatic nitrogens is 2. The minimum absolute atomic E-state index is 0.263. The smallest absolute Gasteiger partial charge is 0.116 e. The summed E-state index contributed by atoms with van der Waals surface area (Å²) in [5.41, 5.74) is 7.37. The van der Waals surface area contributed by atoms with Gasteiger partial charge in [-0.3, -0.25) is 4.68 Å². The standard InChI is InChI=1S/C11H13N3O/c12-4-5-14-8-10(7-13-14)9-2-1-3-11(15)6-9/h1-3,6-8,15H,4-5,12H2. The fraction of sp³-hybridized carbons (Fsp3) is 0.182. The minimum Gasteiger partial charge on any atom is -0.508 e. The van der Waals surface area contributed by atoms with Crippen LogP contribution in [0.25, 0.3) is 11.1 Å². The van der Waals surface area contributed by atoms with E-state index in [1.165, 1.54) is 0 Å². The molecule has 1 aromatic carbocycles. The zero-order valence-electron chi connectivity index (χ0n) is 8.30. The van der Waals surface area contributed by atoms with E-state index in [0.29, 0.717) is 13.1 Å². The summed E-state index contributed by atoms with van der Waals surface area (Å²) in [6, 6.07) is 7.10. The normalized spacial score (nSPS) is 10.5. The zero-order valence-corrected chi connectivity index (χ0v) is 8.30. The lowest BCUT2D eigenvalue weighted by molar-refractivity contribution is 0.475. The first-order chi connectivity index (χ1) is 7.29. The summed E-state index contributed by atoms with van der Waals surface area (Å²) in [4.78, 5) is 0. The first kappa shape index (κ1) is 9.73. The second kappa shape index (κ2) is 4.14. The molecular weight excluding hydrogens is 190 g/mol. The van der Waals surface area contributed by atoms with E-state index >= 15 is 0 Å². The molecule has 0 spiro atoms. The second-order valence-electron chi connectivity index (χ2n) is 3.33. The molecule has 0 atom stereocenters. The van der Waals surface area contributed by atoms with Crippen molar-refractivity contribution in [2.45, 2.75) is 6.54 Å². The summed E-state index contributed by atoms with van der Waals surface area (Å²) in [6.07, 6.45) is 3.69. The van der Waals surface area contributed by atoms with Crippen LogP contribution in [-0.2, 0) is 6.54 Å². The highest BCUT2D eigenvalue weighted by atomic mass is 16.3. The van der Waals surface area contributed by atoms with Gasteiger partial charge in [0.2, 0.25) is 0 Å². The molecule has 0 unspecified atom stereocenters. The molecule has 78 valence electrons. The van der Waals surface area contributed by atoms with Crippen LogP contribution in [0, 0.1) is 0 Å². The first-order valence-electron chi connectivity index (χ1n) is 4.81. The van der Waals surface area contributed by atoms with E-state index in [9.17, 15) is 5.11 Å². The van der Waals surface area contributed by atoms with E-state index in [1.807, 2.05) is 18.3 Å². The third-order valence-electron chi connectivity index (χ3n) is 2.17. The average molecular weight is 203 g/mol. The Labute approximate surface area is 88.0 Å². The van der Waals surface area contributed by atoms with Gasteiger partial charge in [0, 0.05) is 18.3 Å². The van der Waals surface area contributed by atoms with Crippen molar-refractivity contribution in [3.05, 3.63) is 36.7 Å². The number of nitrogens with two attached hydrogens (primary N) is 1. The van der Waals surface area contributed by atoms with Gasteiger partial charge in [-0.25, -0.2) is 0 Å². The van der Waals surface area contributed by atoms with Crippen molar-refractivity contribution < 1.29 is 5.11 Å². The topological polar surface area (TPSA) is 64.1 Å². The summed E-state index contributed by atoms with van der Waals surface area (Å²) in [7, 11) is 0. The van der Waals surface area contributed by atoms with E-state index < -0.39 is 0 Å². The third-order valence-corrected chi connectivity index (χ3v) is 2.17. The van der Waals surface area contributed by atoms with E-state index in [2.05, 4.69) is 5.10 Å². The summed E-state index contributed by atoms with van der Waals surface area (Å²) in [5, 5.41) is 13.5. The van der Waals surface area contributed by atoms with Gasteiger partial charge in [-0.15, -0.1) is 0 Å². The molecule has 0 fully saturated rings. The SMILES string of the molecule is NCCn1cc(-c2cccc(O)c2)cn1. The molecule has 0 radical (unpaired) electrons. The van der Waals surface area contributed by atoms with E-state index in [1.54, 1.807) is 23.0 Å². The lowest BCUT2D eigenvalue weighted by Crippen LogP contribution is -2.09. The molecule has 1 aromatic heterocycles. The predicted octanol–water partition coefficient (Wildman–Crippen LogP) is 1.21. The number of rotatable bonds is 3. The highest BCUT2D eigenvalue weighted by Gasteiger charge is 2.01. The first-order valence-corrected chi connectivity index (χ1v) is 4.81. The highest BCUT2D eigenvalue weighted by Crippen LogP contribution is 2.22. The second-order valence-corrected chi connectivity index (χ2v) is 3.33. The van der Waals surface area contributed by atoms with Crippen LogP contribution in [0.15, 0.2) is 36.7 Å². The van der Waals surface area contributed by atoms with Crippen molar-refractivity contribution in [2.24, 2.45) is 5.73 Å². The Morgan fingerprint density at radius 1 is 1.33 bits per heavy atom. The number of aromatic hydroxyl groups is 1. The molecule has 0 bridgehead atoms. The number of hydrogen-bond donors (Lipinski definition) is 2. The van der Waals surface area contributed by atoms with Crippen LogP contribution in [0.1, 0.15) is 0 Å². The Kier molecular flexibility index (Phi) is 2.69. The van der Waals surface area contributed by atoms with Gasteiger partial charge in [0.15, 0.2) is 0 Å². The van der Waals surface area contributed by atoms with Gasteiger partial charge in [-0.1, -0.05) is 12.1 Å². The molecule has 1 heterocycles. The van der Waals surface area contributed by atoms with Crippen LogP contribution in [0.2, 0.25) is 0 Å². The molecule has 0 saturated heterocycles. The van der Waals surface area contributed by atoms with E-state index in [4.69, 9.17) is 5.73 Å². The molecule has 2 aromatic rings. The van der Waals surface area contributed by atoms with Gasteiger partial charge in [0.25, 0.3) is 0 Å². The van der Waals surface area contributed by atoms with Crippen molar-refractivity contribution >= 4 is 0 Å². The highest BCUT2D eigenvalue weighted by molar-refractivity contribution is 5.63. The van der Waals surface area contributed by atoms with Gasteiger partial charge in [-0.05, 0) is 17.7 Å². The van der Waals surface area contributed by atoms with Crippen molar-refractivity contribution in [3.8, 4) is 16.9 Å². The predicted molar refractivity (Wildman–Crippen MR) is 58.4 cm³/mol. The van der Waals surface area contributed by atoms with Crippen molar-refractivity contribution in [1.82, 2.24) is 9.78 Å². The van der Waals surface area contributed by atoms with E-state index in [0.717, 1.165) is 11.1 Å². The Morgan fingerprint density at radius 2 is 2.20 bits per heavy atom. The van der Waals surface area contributed by atoms with Crippen LogP contribution in [0.3, 0.4) is 0 Å². The molecule has 0 saturated carbocycles. The number of benzene rings is 1. The Hall–Kier alpha value is -1.81. The largest absolute Gasteiger partial charge is 0.508 e. The lowest BCUT2D eigenvalue weighted by Gasteiger charge is -1.98. The van der Waals surface area contributed by atoms with Crippen LogP contribution < -0.4 is 5.73 Å². The zero-order chi connectivity index (χ0) is 10.7. The van der Waals surface area contributed by atoms with Crippen molar-refractivity contribution in [3.63, 3.8) is 0 Å². The minimum atomic E-state index is 0.263. The summed E-state index contributed by atoms with van der Waals surface area (Å²) >= 11 is 0.